The fourth-order valence-corrected chi connectivity index (χ4v) is 4.03. The molecule has 6 nitrogen and oxygen atoms in total. The van der Waals surface area contributed by atoms with Crippen LogP contribution in [0.15, 0.2) is 47.3 Å². The van der Waals surface area contributed by atoms with E-state index in [-0.39, 0.29) is 5.91 Å². The highest BCUT2D eigenvalue weighted by molar-refractivity contribution is 7.17. The summed E-state index contributed by atoms with van der Waals surface area (Å²) in [4.78, 5) is 30.7. The molecule has 8 heteroatoms. The summed E-state index contributed by atoms with van der Waals surface area (Å²) in [6, 6.07) is 9.15. The maximum atomic E-state index is 12.6. The first-order valence-electron chi connectivity index (χ1n) is 7.55. The number of hydrogen-bond acceptors (Lipinski definition) is 6. The van der Waals surface area contributed by atoms with E-state index in [9.17, 15) is 9.59 Å². The summed E-state index contributed by atoms with van der Waals surface area (Å²) < 4.78 is 4.98. The van der Waals surface area contributed by atoms with Gasteiger partial charge in [0.25, 0.3) is 5.91 Å². The predicted octanol–water partition coefficient (Wildman–Crippen LogP) is 4.08. The van der Waals surface area contributed by atoms with E-state index in [1.54, 1.807) is 29.7 Å². The van der Waals surface area contributed by atoms with E-state index in [2.05, 4.69) is 10.3 Å². The molecule has 1 saturated heterocycles. The maximum Gasteiger partial charge on any atom is 0.414 e. The normalized spacial score (nSPS) is 13.8. The van der Waals surface area contributed by atoms with Crippen molar-refractivity contribution in [3.8, 4) is 10.6 Å². The van der Waals surface area contributed by atoms with Gasteiger partial charge in [-0.2, -0.15) is 11.3 Å². The molecule has 0 unspecified atom stereocenters. The van der Waals surface area contributed by atoms with E-state index in [0.29, 0.717) is 29.4 Å². The van der Waals surface area contributed by atoms with Crippen molar-refractivity contribution in [3.63, 3.8) is 0 Å². The summed E-state index contributed by atoms with van der Waals surface area (Å²) in [7, 11) is 0. The Bertz CT molecular complexity index is 921. The van der Waals surface area contributed by atoms with Crippen molar-refractivity contribution in [2.24, 2.45) is 0 Å². The minimum atomic E-state index is -0.403. The van der Waals surface area contributed by atoms with Gasteiger partial charge in [0, 0.05) is 10.9 Å². The van der Waals surface area contributed by atoms with Crippen LogP contribution in [0.5, 0.6) is 0 Å². The number of rotatable bonds is 4. The van der Waals surface area contributed by atoms with Crippen LogP contribution in [0.3, 0.4) is 0 Å². The number of hydrogen-bond donors (Lipinski definition) is 1. The molecule has 0 radical (unpaired) electrons. The third-order valence-electron chi connectivity index (χ3n) is 3.70. The number of ether oxygens (including phenoxy) is 1. The highest BCUT2D eigenvalue weighted by atomic mass is 32.1. The van der Waals surface area contributed by atoms with Crippen molar-refractivity contribution < 1.29 is 14.3 Å². The Labute approximate surface area is 151 Å². The fourth-order valence-electron chi connectivity index (χ4n) is 2.51. The highest BCUT2D eigenvalue weighted by Gasteiger charge is 2.26. The number of benzene rings is 1. The molecular weight excluding hydrogens is 358 g/mol. The number of para-hydroxylation sites is 2. The molecule has 1 aliphatic rings. The minimum Gasteiger partial charge on any atom is -0.447 e. The average molecular weight is 371 g/mol. The Morgan fingerprint density at radius 3 is 2.92 bits per heavy atom. The van der Waals surface area contributed by atoms with E-state index < -0.39 is 6.09 Å². The standard InChI is InChI=1S/C17H13N3O3S2/c21-15(14-9-18-16(25-14)11-5-8-24-10-11)19-12-3-1-2-4-13(12)20-6-7-23-17(20)22/h1-5,8-10H,6-7H2,(H,19,21). The van der Waals surface area contributed by atoms with E-state index in [1.165, 1.54) is 16.2 Å². The van der Waals surface area contributed by atoms with Crippen LogP contribution in [0.1, 0.15) is 9.67 Å². The van der Waals surface area contributed by atoms with Crippen LogP contribution in [0, 0.1) is 0 Å². The summed E-state index contributed by atoms with van der Waals surface area (Å²) in [5.41, 5.74) is 2.20. The quantitative estimate of drug-likeness (QED) is 0.750. The Kier molecular flexibility index (Phi) is 4.21. The summed E-state index contributed by atoms with van der Waals surface area (Å²) in [6.07, 6.45) is 1.17. The molecule has 2 aromatic heterocycles. The van der Waals surface area contributed by atoms with Crippen molar-refractivity contribution in [1.82, 2.24) is 4.98 Å². The number of nitrogens with zero attached hydrogens (tertiary/aromatic N) is 2. The molecular formula is C17H13N3O3S2. The lowest BCUT2D eigenvalue weighted by Crippen LogP contribution is -2.25. The SMILES string of the molecule is O=C(Nc1ccccc1N1CCOC1=O)c1cnc(-c2ccsc2)s1. The van der Waals surface area contributed by atoms with Gasteiger partial charge in [-0.05, 0) is 23.6 Å². The van der Waals surface area contributed by atoms with Crippen LogP contribution in [0.25, 0.3) is 10.6 Å². The van der Waals surface area contributed by atoms with E-state index >= 15 is 0 Å². The van der Waals surface area contributed by atoms with Gasteiger partial charge in [0.2, 0.25) is 0 Å². The number of cyclic esters (lactones) is 1. The molecule has 1 N–H and O–H groups in total. The third kappa shape index (κ3) is 3.13. The zero-order chi connectivity index (χ0) is 17.2. The molecule has 25 heavy (non-hydrogen) atoms. The van der Waals surface area contributed by atoms with Gasteiger partial charge >= 0.3 is 6.09 Å². The van der Waals surface area contributed by atoms with Crippen molar-refractivity contribution >= 4 is 46.0 Å². The monoisotopic (exact) mass is 371 g/mol. The molecule has 126 valence electrons. The molecule has 3 heterocycles. The Morgan fingerprint density at radius 2 is 2.16 bits per heavy atom. The molecule has 0 bridgehead atoms. The number of carbonyl (C=O) groups excluding carboxylic acids is 2. The van der Waals surface area contributed by atoms with Crippen molar-refractivity contribution in [1.29, 1.82) is 0 Å². The van der Waals surface area contributed by atoms with Crippen molar-refractivity contribution in [3.05, 3.63) is 52.2 Å². The van der Waals surface area contributed by atoms with Gasteiger partial charge < -0.3 is 10.1 Å². The van der Waals surface area contributed by atoms with Gasteiger partial charge in [-0.1, -0.05) is 12.1 Å². The highest BCUT2D eigenvalue weighted by Crippen LogP contribution is 2.30. The van der Waals surface area contributed by atoms with Crippen LogP contribution in [0.4, 0.5) is 16.2 Å². The van der Waals surface area contributed by atoms with Crippen molar-refractivity contribution in [2.75, 3.05) is 23.4 Å². The molecule has 3 aromatic rings. The van der Waals surface area contributed by atoms with Crippen LogP contribution in [-0.4, -0.2) is 30.1 Å². The Hall–Kier alpha value is -2.71. The van der Waals surface area contributed by atoms with Gasteiger partial charge in [-0.3, -0.25) is 9.69 Å². The number of amides is 2. The summed E-state index contributed by atoms with van der Waals surface area (Å²) in [5, 5.41) is 7.64. The molecule has 0 saturated carbocycles. The van der Waals surface area contributed by atoms with Gasteiger partial charge in [-0.15, -0.1) is 11.3 Å². The Morgan fingerprint density at radius 1 is 1.28 bits per heavy atom. The number of nitrogens with one attached hydrogen (secondary N) is 1. The van der Waals surface area contributed by atoms with E-state index in [4.69, 9.17) is 4.74 Å². The lowest BCUT2D eigenvalue weighted by molar-refractivity contribution is 0.103. The van der Waals surface area contributed by atoms with E-state index in [1.807, 2.05) is 29.0 Å². The molecule has 2 amide bonds. The first-order valence-corrected chi connectivity index (χ1v) is 9.31. The van der Waals surface area contributed by atoms with E-state index in [0.717, 1.165) is 10.6 Å². The number of anilines is 2. The first-order chi connectivity index (χ1) is 12.2. The number of thiophene rings is 1. The molecule has 0 atom stereocenters. The second-order valence-electron chi connectivity index (χ2n) is 5.28. The first kappa shape index (κ1) is 15.8. The molecule has 0 spiro atoms. The maximum absolute atomic E-state index is 12.6. The summed E-state index contributed by atoms with van der Waals surface area (Å²) in [5.74, 6) is -0.251. The van der Waals surface area contributed by atoms with Crippen LogP contribution < -0.4 is 10.2 Å². The zero-order valence-electron chi connectivity index (χ0n) is 13.0. The second-order valence-corrected chi connectivity index (χ2v) is 7.09. The molecule has 0 aliphatic carbocycles. The lowest BCUT2D eigenvalue weighted by atomic mass is 10.2. The second kappa shape index (κ2) is 6.66. The molecule has 1 aromatic carbocycles. The van der Waals surface area contributed by atoms with Gasteiger partial charge in [0.15, 0.2) is 0 Å². The topological polar surface area (TPSA) is 71.5 Å². The molecule has 1 fully saturated rings. The van der Waals surface area contributed by atoms with Gasteiger partial charge in [0.1, 0.15) is 16.5 Å². The number of aromatic nitrogens is 1. The number of thiazole rings is 1. The third-order valence-corrected chi connectivity index (χ3v) is 5.43. The summed E-state index contributed by atoms with van der Waals surface area (Å²) in [6.45, 7) is 0.814. The fraction of sp³-hybridized carbons (Fsp3) is 0.118. The smallest absolute Gasteiger partial charge is 0.414 e. The minimum absolute atomic E-state index is 0.251. The number of carbonyl (C=O) groups is 2. The zero-order valence-corrected chi connectivity index (χ0v) is 14.6. The largest absolute Gasteiger partial charge is 0.447 e. The summed E-state index contributed by atoms with van der Waals surface area (Å²) >= 11 is 2.92. The van der Waals surface area contributed by atoms with Crippen LogP contribution in [-0.2, 0) is 4.74 Å². The molecule has 1 aliphatic heterocycles. The van der Waals surface area contributed by atoms with Crippen molar-refractivity contribution in [2.45, 2.75) is 0 Å². The van der Waals surface area contributed by atoms with Gasteiger partial charge in [0.05, 0.1) is 24.1 Å². The predicted molar refractivity (Wildman–Crippen MR) is 98.5 cm³/mol. The lowest BCUT2D eigenvalue weighted by Gasteiger charge is -2.17. The van der Waals surface area contributed by atoms with Crippen LogP contribution in [0.2, 0.25) is 0 Å². The molecule has 4 rings (SSSR count). The van der Waals surface area contributed by atoms with Gasteiger partial charge in [-0.25, -0.2) is 9.78 Å². The Balaban J connectivity index is 1.56. The average Bonchev–Trinajstić information content (AvgIpc) is 3.36. The van der Waals surface area contributed by atoms with Crippen LogP contribution >= 0.6 is 22.7 Å².